The molecule has 0 spiro atoms. The fraction of sp³-hybridized carbons (Fsp3) is 0.750. The van der Waals surface area contributed by atoms with Gasteiger partial charge in [0, 0.05) is 52.4 Å². The monoisotopic (exact) mass is 491 g/mol. The number of piperazine rings is 1. The number of nitrogen functional groups attached to an aromatic ring is 1. The molecule has 3 N–H and O–H groups in total. The molecule has 11 heteroatoms. The van der Waals surface area contributed by atoms with Gasteiger partial charge in [-0.25, -0.2) is 4.79 Å². The Morgan fingerprint density at radius 3 is 2.03 bits per heavy atom. The normalized spacial score (nSPS) is 17.5. The summed E-state index contributed by atoms with van der Waals surface area (Å²) >= 11 is 0. The summed E-state index contributed by atoms with van der Waals surface area (Å²) in [4.78, 5) is 60.9. The van der Waals surface area contributed by atoms with E-state index < -0.39 is 11.2 Å². The van der Waals surface area contributed by atoms with Crippen LogP contribution in [0.1, 0.15) is 40.5 Å². The third-order valence-corrected chi connectivity index (χ3v) is 6.52. The Bertz CT molecular complexity index is 1000. The zero-order valence-corrected chi connectivity index (χ0v) is 21.6. The van der Waals surface area contributed by atoms with E-state index in [4.69, 9.17) is 5.73 Å². The van der Waals surface area contributed by atoms with Gasteiger partial charge in [0.15, 0.2) is 5.69 Å². The van der Waals surface area contributed by atoms with Crippen LogP contribution in [0, 0.1) is 11.8 Å². The summed E-state index contributed by atoms with van der Waals surface area (Å²) in [6.45, 7) is 13.5. The van der Waals surface area contributed by atoms with Crippen molar-refractivity contribution in [1.82, 2.24) is 24.3 Å². The van der Waals surface area contributed by atoms with Crippen molar-refractivity contribution >= 4 is 23.3 Å². The van der Waals surface area contributed by atoms with E-state index >= 15 is 0 Å². The number of aromatic nitrogens is 2. The molecule has 0 saturated carbocycles. The summed E-state index contributed by atoms with van der Waals surface area (Å²) in [6.07, 6.45) is 2.16. The molecule has 0 bridgehead atoms. The molecule has 0 aliphatic carbocycles. The summed E-state index contributed by atoms with van der Waals surface area (Å²) in [6, 6.07) is 0. The molecule has 35 heavy (non-hydrogen) atoms. The molecule has 3 heterocycles. The minimum absolute atomic E-state index is 0.0201. The number of carbonyl (C=O) groups excluding carboxylic acids is 2. The summed E-state index contributed by atoms with van der Waals surface area (Å²) in [5.74, 6) is 0.202. The van der Waals surface area contributed by atoms with Gasteiger partial charge in [-0.15, -0.1) is 0 Å². The van der Waals surface area contributed by atoms with E-state index in [2.05, 4.69) is 9.88 Å². The van der Waals surface area contributed by atoms with Gasteiger partial charge in [0.1, 0.15) is 5.82 Å². The van der Waals surface area contributed by atoms with Gasteiger partial charge in [-0.1, -0.05) is 27.7 Å². The third kappa shape index (κ3) is 6.94. The number of nitrogens with zero attached hydrogens (tertiary/aromatic N) is 5. The van der Waals surface area contributed by atoms with Crippen molar-refractivity contribution in [3.8, 4) is 0 Å². The molecule has 2 aliphatic rings. The molecule has 2 aliphatic heterocycles. The van der Waals surface area contributed by atoms with Crippen LogP contribution in [0.2, 0.25) is 0 Å². The quantitative estimate of drug-likeness (QED) is 0.498. The lowest BCUT2D eigenvalue weighted by atomic mass is 10.2. The minimum atomic E-state index is -0.647. The maximum atomic E-state index is 13.4. The van der Waals surface area contributed by atoms with E-state index in [1.165, 1.54) is 9.47 Å². The number of nitrogens with two attached hydrogens (primary N) is 1. The zero-order chi connectivity index (χ0) is 25.7. The van der Waals surface area contributed by atoms with Crippen LogP contribution in [0.3, 0.4) is 0 Å². The molecule has 0 radical (unpaired) electrons. The number of anilines is 2. The number of aromatic amines is 1. The van der Waals surface area contributed by atoms with Crippen LogP contribution < -0.4 is 21.9 Å². The van der Waals surface area contributed by atoms with Crippen molar-refractivity contribution in [1.29, 1.82) is 0 Å². The van der Waals surface area contributed by atoms with E-state index in [0.717, 1.165) is 25.9 Å². The highest BCUT2D eigenvalue weighted by molar-refractivity contribution is 5.96. The van der Waals surface area contributed by atoms with Crippen LogP contribution in [-0.2, 0) is 16.1 Å². The molecule has 2 fully saturated rings. The van der Waals surface area contributed by atoms with Crippen LogP contribution in [0.4, 0.5) is 11.5 Å². The van der Waals surface area contributed by atoms with Crippen molar-refractivity contribution in [3.05, 3.63) is 20.8 Å². The average molecular weight is 492 g/mol. The number of rotatable bonds is 9. The van der Waals surface area contributed by atoms with Crippen LogP contribution in [0.5, 0.6) is 0 Å². The van der Waals surface area contributed by atoms with E-state index in [1.807, 2.05) is 37.5 Å². The van der Waals surface area contributed by atoms with E-state index in [-0.39, 0.29) is 41.7 Å². The smallest absolute Gasteiger partial charge is 0.330 e. The summed E-state index contributed by atoms with van der Waals surface area (Å²) < 4.78 is 1.33. The first-order valence-corrected chi connectivity index (χ1v) is 12.7. The molecule has 2 saturated heterocycles. The van der Waals surface area contributed by atoms with Gasteiger partial charge in [0.05, 0.1) is 13.1 Å². The number of hydrogen-bond acceptors (Lipinski definition) is 7. The molecule has 1 aromatic heterocycles. The lowest BCUT2D eigenvalue weighted by molar-refractivity contribution is -0.132. The van der Waals surface area contributed by atoms with Gasteiger partial charge in [0.2, 0.25) is 11.8 Å². The third-order valence-electron chi connectivity index (χ3n) is 6.52. The summed E-state index contributed by atoms with van der Waals surface area (Å²) in [5.41, 5.74) is 5.12. The molecule has 2 amide bonds. The molecule has 0 atom stereocenters. The Kier molecular flexibility index (Phi) is 9.12. The maximum Gasteiger partial charge on any atom is 0.330 e. The number of likely N-dealkylation sites (tertiary alicyclic amines) is 1. The molecular formula is C24H41N7O4. The molecule has 3 rings (SSSR count). The first-order chi connectivity index (χ1) is 16.6. The molecule has 196 valence electrons. The average Bonchev–Trinajstić information content (AvgIpc) is 3.32. The molecule has 0 unspecified atom stereocenters. The number of hydrogen-bond donors (Lipinski definition) is 2. The van der Waals surface area contributed by atoms with Crippen LogP contribution in [0.25, 0.3) is 0 Å². The van der Waals surface area contributed by atoms with Gasteiger partial charge in [-0.2, -0.15) is 0 Å². The van der Waals surface area contributed by atoms with Crippen LogP contribution in [-0.4, -0.2) is 95.0 Å². The highest BCUT2D eigenvalue weighted by Crippen LogP contribution is 2.20. The second-order valence-electron chi connectivity index (χ2n) is 10.5. The SMILES string of the molecule is CC(C)CN(C(=O)CN1CCN(CC(=O)N2CCCC2)CC1)c1c(N)n(CC(C)C)c(=O)[nH]c1=O. The maximum absolute atomic E-state index is 13.4. The fourth-order valence-electron chi connectivity index (χ4n) is 4.71. The number of amides is 2. The lowest BCUT2D eigenvalue weighted by Gasteiger charge is -2.36. The number of carbonyl (C=O) groups is 2. The second kappa shape index (κ2) is 11.9. The van der Waals surface area contributed by atoms with Gasteiger partial charge < -0.3 is 15.5 Å². The van der Waals surface area contributed by atoms with Crippen molar-refractivity contribution in [2.75, 3.05) is 69.5 Å². The molecular weight excluding hydrogens is 450 g/mol. The highest BCUT2D eigenvalue weighted by Gasteiger charge is 2.29. The predicted molar refractivity (Wildman–Crippen MR) is 136 cm³/mol. The Morgan fingerprint density at radius 2 is 1.49 bits per heavy atom. The zero-order valence-electron chi connectivity index (χ0n) is 21.6. The molecule has 1 aromatic rings. The summed E-state index contributed by atoms with van der Waals surface area (Å²) in [5, 5.41) is 0. The standard InChI is InChI=1S/C24H41N7O4/c1-17(2)13-30(21-22(25)31(14-18(3)4)24(35)26-23(21)34)20(33)16-28-11-9-27(10-12-28)15-19(32)29-7-5-6-8-29/h17-18H,5-16,25H2,1-4H3,(H,26,34,35). The predicted octanol–water partition coefficient (Wildman–Crippen LogP) is 0.00380. The summed E-state index contributed by atoms with van der Waals surface area (Å²) in [7, 11) is 0. The van der Waals surface area contributed by atoms with Gasteiger partial charge in [0.25, 0.3) is 5.56 Å². The van der Waals surface area contributed by atoms with Crippen molar-refractivity contribution in [2.45, 2.75) is 47.1 Å². The number of H-pyrrole nitrogens is 1. The van der Waals surface area contributed by atoms with Gasteiger partial charge >= 0.3 is 5.69 Å². The number of nitrogens with one attached hydrogen (secondary N) is 1. The fourth-order valence-corrected chi connectivity index (χ4v) is 4.71. The van der Waals surface area contributed by atoms with Crippen LogP contribution >= 0.6 is 0 Å². The Balaban J connectivity index is 1.69. The van der Waals surface area contributed by atoms with Gasteiger partial charge in [-0.05, 0) is 24.7 Å². The molecule has 0 aromatic carbocycles. The van der Waals surface area contributed by atoms with Crippen molar-refractivity contribution < 1.29 is 9.59 Å². The van der Waals surface area contributed by atoms with Gasteiger partial charge in [-0.3, -0.25) is 33.7 Å². The second-order valence-corrected chi connectivity index (χ2v) is 10.5. The molecule has 11 nitrogen and oxygen atoms in total. The minimum Gasteiger partial charge on any atom is -0.383 e. The largest absolute Gasteiger partial charge is 0.383 e. The van der Waals surface area contributed by atoms with Crippen molar-refractivity contribution in [3.63, 3.8) is 0 Å². The van der Waals surface area contributed by atoms with Crippen LogP contribution in [0.15, 0.2) is 9.59 Å². The van der Waals surface area contributed by atoms with Crippen molar-refractivity contribution in [2.24, 2.45) is 11.8 Å². The first kappa shape index (κ1) is 26.9. The first-order valence-electron chi connectivity index (χ1n) is 12.7. The van der Waals surface area contributed by atoms with E-state index in [0.29, 0.717) is 45.8 Å². The van der Waals surface area contributed by atoms with E-state index in [9.17, 15) is 19.2 Å². The Labute approximate surface area is 206 Å². The topological polar surface area (TPSA) is 128 Å². The Hall–Kier alpha value is -2.66. The highest BCUT2D eigenvalue weighted by atomic mass is 16.2. The van der Waals surface area contributed by atoms with E-state index in [1.54, 1.807) is 0 Å². The Morgan fingerprint density at radius 1 is 0.914 bits per heavy atom. The lowest BCUT2D eigenvalue weighted by Crippen LogP contribution is -2.53.